The van der Waals surface area contributed by atoms with Crippen molar-refractivity contribution in [3.05, 3.63) is 18.0 Å². The molecule has 1 atom stereocenters. The van der Waals surface area contributed by atoms with E-state index in [-0.39, 0.29) is 16.5 Å². The lowest BCUT2D eigenvalue weighted by molar-refractivity contribution is -0.129. The van der Waals surface area contributed by atoms with Gasteiger partial charge in [0.2, 0.25) is 10.0 Å². The first-order chi connectivity index (χ1) is 12.0. The van der Waals surface area contributed by atoms with Crippen LogP contribution in [0.4, 0.5) is 0 Å². The zero-order chi connectivity index (χ0) is 20.1. The van der Waals surface area contributed by atoms with Crippen molar-refractivity contribution in [2.45, 2.75) is 45.6 Å². The third-order valence-corrected chi connectivity index (χ3v) is 5.88. The number of hydrogen-bond acceptors (Lipinski definition) is 5. The van der Waals surface area contributed by atoms with Gasteiger partial charge in [0.15, 0.2) is 6.10 Å². The molecule has 26 heavy (non-hydrogen) atoms. The van der Waals surface area contributed by atoms with Gasteiger partial charge in [-0.05, 0) is 18.9 Å². The van der Waals surface area contributed by atoms with Crippen LogP contribution < -0.4 is 5.32 Å². The van der Waals surface area contributed by atoms with Crippen molar-refractivity contribution < 1.29 is 22.7 Å². The number of aryl methyl sites for hydroxylation is 1. The summed E-state index contributed by atoms with van der Waals surface area (Å²) in [6.07, 6.45) is 0.396. The number of hydrogen-bond donors (Lipinski definition) is 1. The molecule has 0 bridgehead atoms. The third kappa shape index (κ3) is 5.31. The van der Waals surface area contributed by atoms with Crippen LogP contribution in [0, 0.1) is 5.92 Å². The zero-order valence-corrected chi connectivity index (χ0v) is 17.1. The number of sulfonamides is 1. The molecule has 1 amide bonds. The molecule has 9 heteroatoms. The molecule has 1 aromatic rings. The van der Waals surface area contributed by atoms with Crippen LogP contribution in [0.3, 0.4) is 0 Å². The van der Waals surface area contributed by atoms with Crippen LogP contribution in [0.5, 0.6) is 0 Å². The van der Waals surface area contributed by atoms with Gasteiger partial charge in [-0.3, -0.25) is 4.79 Å². The molecule has 1 aromatic heterocycles. The largest absolute Gasteiger partial charge is 0.448 e. The van der Waals surface area contributed by atoms with Gasteiger partial charge < -0.3 is 14.6 Å². The van der Waals surface area contributed by atoms with Gasteiger partial charge in [0.25, 0.3) is 5.91 Å². The summed E-state index contributed by atoms with van der Waals surface area (Å²) < 4.78 is 33.0. The van der Waals surface area contributed by atoms with Gasteiger partial charge in [0, 0.05) is 32.9 Å². The van der Waals surface area contributed by atoms with E-state index in [0.29, 0.717) is 19.6 Å². The molecule has 8 nitrogen and oxygen atoms in total. The second-order valence-electron chi connectivity index (χ2n) is 6.45. The van der Waals surface area contributed by atoms with Gasteiger partial charge in [0.05, 0.1) is 0 Å². The first-order valence-electron chi connectivity index (χ1n) is 8.69. The molecule has 0 saturated carbocycles. The molecular weight excluding hydrogens is 358 g/mol. The van der Waals surface area contributed by atoms with Crippen LogP contribution in [-0.2, 0) is 26.6 Å². The minimum atomic E-state index is -3.67. The van der Waals surface area contributed by atoms with Gasteiger partial charge in [-0.15, -0.1) is 0 Å². The topological polar surface area (TPSA) is 97.7 Å². The second kappa shape index (κ2) is 9.18. The fourth-order valence-electron chi connectivity index (χ4n) is 2.31. The summed E-state index contributed by atoms with van der Waals surface area (Å²) in [6.45, 7) is 10.0. The molecule has 0 aliphatic rings. The summed E-state index contributed by atoms with van der Waals surface area (Å²) in [7, 11) is -2.12. The first-order valence-corrected chi connectivity index (χ1v) is 10.1. The molecule has 0 aliphatic heterocycles. The smallest absolute Gasteiger partial charge is 0.355 e. The average Bonchev–Trinajstić information content (AvgIpc) is 2.96. The molecule has 1 unspecified atom stereocenters. The highest BCUT2D eigenvalue weighted by atomic mass is 32.2. The number of aromatic nitrogens is 1. The first kappa shape index (κ1) is 22.2. The number of rotatable bonds is 9. The maximum absolute atomic E-state index is 12.6. The Labute approximate surface area is 155 Å². The summed E-state index contributed by atoms with van der Waals surface area (Å²) in [6, 6.07) is 1.27. The number of esters is 1. The zero-order valence-electron chi connectivity index (χ0n) is 16.3. The van der Waals surface area contributed by atoms with Crippen molar-refractivity contribution in [3.8, 4) is 0 Å². The molecule has 148 valence electrons. The van der Waals surface area contributed by atoms with Crippen LogP contribution in [0.15, 0.2) is 17.2 Å². The molecule has 1 N–H and O–H groups in total. The molecule has 0 spiro atoms. The van der Waals surface area contributed by atoms with E-state index in [9.17, 15) is 18.0 Å². The fraction of sp³-hybridized carbons (Fsp3) is 0.647. The summed E-state index contributed by atoms with van der Waals surface area (Å²) >= 11 is 0. The highest BCUT2D eigenvalue weighted by molar-refractivity contribution is 7.89. The number of carbonyl (C=O) groups excluding carboxylic acids is 2. The Morgan fingerprint density at radius 3 is 2.31 bits per heavy atom. The molecule has 1 rings (SSSR count). The van der Waals surface area contributed by atoms with E-state index >= 15 is 0 Å². The van der Waals surface area contributed by atoms with Gasteiger partial charge in [-0.2, -0.15) is 4.31 Å². The Morgan fingerprint density at radius 1 is 1.23 bits per heavy atom. The molecule has 0 fully saturated rings. The van der Waals surface area contributed by atoms with Crippen molar-refractivity contribution in [1.29, 1.82) is 0 Å². The maximum atomic E-state index is 12.6. The molecule has 0 radical (unpaired) electrons. The Kier molecular flexibility index (Phi) is 7.83. The van der Waals surface area contributed by atoms with Gasteiger partial charge in [0.1, 0.15) is 10.6 Å². The SMILES string of the molecule is CCN(CC)S(=O)(=O)c1cc(C(=O)OC(C)C(=O)NCC(C)C)n(C)c1. The number of nitrogens with one attached hydrogen (secondary N) is 1. The fourth-order valence-corrected chi connectivity index (χ4v) is 3.84. The lowest BCUT2D eigenvalue weighted by Gasteiger charge is -2.17. The lowest BCUT2D eigenvalue weighted by atomic mass is 10.2. The normalized spacial score (nSPS) is 13.1. The Bertz CT molecular complexity index is 736. The van der Waals surface area contributed by atoms with Crippen molar-refractivity contribution in [3.63, 3.8) is 0 Å². The number of nitrogens with zero attached hydrogens (tertiary/aromatic N) is 2. The minimum absolute atomic E-state index is 0.0209. The standard InChI is InChI=1S/C17H29N3O5S/c1-7-20(8-2)26(23,24)14-9-15(19(6)11-14)17(22)25-13(5)16(21)18-10-12(3)4/h9,11-13H,7-8,10H2,1-6H3,(H,18,21). The predicted molar refractivity (Wildman–Crippen MR) is 98.2 cm³/mol. The Morgan fingerprint density at radius 2 is 1.81 bits per heavy atom. The highest BCUT2D eigenvalue weighted by Crippen LogP contribution is 2.19. The van der Waals surface area contributed by atoms with Gasteiger partial charge >= 0.3 is 5.97 Å². The van der Waals surface area contributed by atoms with E-state index in [4.69, 9.17) is 4.74 Å². The summed E-state index contributed by atoms with van der Waals surface area (Å²) in [5.74, 6) is -0.861. The number of amides is 1. The van der Waals surface area contributed by atoms with E-state index in [2.05, 4.69) is 5.32 Å². The molecular formula is C17H29N3O5S. The summed E-state index contributed by atoms with van der Waals surface area (Å²) in [4.78, 5) is 24.3. The highest BCUT2D eigenvalue weighted by Gasteiger charge is 2.27. The van der Waals surface area contributed by atoms with E-state index in [1.54, 1.807) is 20.9 Å². The summed E-state index contributed by atoms with van der Waals surface area (Å²) in [5.41, 5.74) is 0.0687. The molecule has 0 aromatic carbocycles. The lowest BCUT2D eigenvalue weighted by Crippen LogP contribution is -2.37. The van der Waals surface area contributed by atoms with Crippen LogP contribution in [-0.4, -0.2) is 54.9 Å². The van der Waals surface area contributed by atoms with Crippen LogP contribution in [0.2, 0.25) is 0 Å². The van der Waals surface area contributed by atoms with Crippen LogP contribution in [0.1, 0.15) is 45.1 Å². The van der Waals surface area contributed by atoms with E-state index in [1.165, 1.54) is 28.1 Å². The van der Waals surface area contributed by atoms with E-state index in [1.807, 2.05) is 13.8 Å². The minimum Gasteiger partial charge on any atom is -0.448 e. The molecule has 1 heterocycles. The van der Waals surface area contributed by atoms with E-state index < -0.39 is 28.0 Å². The monoisotopic (exact) mass is 387 g/mol. The Hall–Kier alpha value is -1.87. The van der Waals surface area contributed by atoms with Crippen molar-refractivity contribution in [2.75, 3.05) is 19.6 Å². The van der Waals surface area contributed by atoms with Crippen LogP contribution in [0.25, 0.3) is 0 Å². The number of carbonyl (C=O) groups is 2. The van der Waals surface area contributed by atoms with Crippen molar-refractivity contribution in [1.82, 2.24) is 14.2 Å². The van der Waals surface area contributed by atoms with Gasteiger partial charge in [-0.1, -0.05) is 27.7 Å². The van der Waals surface area contributed by atoms with E-state index in [0.717, 1.165) is 0 Å². The number of ether oxygens (including phenoxy) is 1. The average molecular weight is 388 g/mol. The molecule has 0 saturated heterocycles. The van der Waals surface area contributed by atoms with Gasteiger partial charge in [-0.25, -0.2) is 13.2 Å². The maximum Gasteiger partial charge on any atom is 0.355 e. The van der Waals surface area contributed by atoms with Crippen molar-refractivity contribution >= 4 is 21.9 Å². The Balaban J connectivity index is 2.92. The van der Waals surface area contributed by atoms with Crippen molar-refractivity contribution in [2.24, 2.45) is 13.0 Å². The third-order valence-electron chi connectivity index (χ3n) is 3.87. The predicted octanol–water partition coefficient (Wildman–Crippen LogP) is 1.37. The quantitative estimate of drug-likeness (QED) is 0.646. The van der Waals surface area contributed by atoms with Crippen LogP contribution >= 0.6 is 0 Å². The molecule has 0 aliphatic carbocycles. The summed E-state index contributed by atoms with van der Waals surface area (Å²) in [5, 5.41) is 2.69. The second-order valence-corrected chi connectivity index (χ2v) is 8.39.